The molecule has 1 aromatic rings. The normalized spacial score (nSPS) is 22.8. The van der Waals surface area contributed by atoms with Crippen molar-refractivity contribution < 1.29 is 4.79 Å². The maximum absolute atomic E-state index is 13.1. The highest BCUT2D eigenvalue weighted by atomic mass is 32.2. The molecule has 0 radical (unpaired) electrons. The van der Waals surface area contributed by atoms with E-state index in [9.17, 15) is 4.79 Å². The summed E-state index contributed by atoms with van der Waals surface area (Å²) in [5.74, 6) is 0.809. The maximum Gasteiger partial charge on any atom is 0.230 e. The number of nitrogens with zero attached hydrogens (tertiary/aromatic N) is 3. The Balaban J connectivity index is 0.00000176. The highest BCUT2D eigenvalue weighted by Crippen LogP contribution is 2.35. The molecule has 1 aromatic heterocycles. The monoisotopic (exact) mass is 456 g/mol. The molecule has 0 bridgehead atoms. The van der Waals surface area contributed by atoms with Crippen LogP contribution in [0.15, 0.2) is 54.0 Å². The molecule has 0 spiro atoms. The van der Waals surface area contributed by atoms with Gasteiger partial charge in [0.25, 0.3) is 0 Å². The highest BCUT2D eigenvalue weighted by molar-refractivity contribution is 8.08. The van der Waals surface area contributed by atoms with Crippen LogP contribution in [0, 0.1) is 5.41 Å². The van der Waals surface area contributed by atoms with E-state index < -0.39 is 0 Å². The van der Waals surface area contributed by atoms with Gasteiger partial charge in [-0.25, -0.2) is 0 Å². The van der Waals surface area contributed by atoms with Crippen LogP contribution in [0.4, 0.5) is 0 Å². The van der Waals surface area contributed by atoms with Gasteiger partial charge in [-0.05, 0) is 69.8 Å². The molecule has 2 heterocycles. The number of amides is 1. The van der Waals surface area contributed by atoms with Gasteiger partial charge in [0.05, 0.1) is 11.3 Å². The predicted octanol–water partition coefficient (Wildman–Crippen LogP) is 5.28. The van der Waals surface area contributed by atoms with Crippen LogP contribution in [0.3, 0.4) is 0 Å². The molecule has 0 saturated carbocycles. The van der Waals surface area contributed by atoms with Gasteiger partial charge in [-0.2, -0.15) is 0 Å². The van der Waals surface area contributed by atoms with Crippen LogP contribution < -0.4 is 5.73 Å². The first-order valence-corrected chi connectivity index (χ1v) is 12.7. The standard InChI is InChI=1S/C24H34N4OS.C2H6/c1-24(2)17-27(3)15-16-28(23(24)29)18-30-22(20-11-13-26-14-12-20)21(25)19-9-7-5-4-6-8-10-19;1-2/h4-5,9,11-14H,6-8,10,15-18,25H2,1-3H3;1-2H3/b5-4-,19-9+,22-21-;. The second-order valence-corrected chi connectivity index (χ2v) is 9.73. The van der Waals surface area contributed by atoms with Crippen LogP contribution in [0.1, 0.15) is 58.9 Å². The third-order valence-electron chi connectivity index (χ3n) is 5.66. The van der Waals surface area contributed by atoms with Gasteiger partial charge < -0.3 is 15.5 Å². The van der Waals surface area contributed by atoms with Crippen LogP contribution in [0.25, 0.3) is 4.91 Å². The molecule has 5 nitrogen and oxygen atoms in total. The van der Waals surface area contributed by atoms with Crippen LogP contribution >= 0.6 is 11.8 Å². The zero-order valence-electron chi connectivity index (χ0n) is 20.4. The number of carbonyl (C=O) groups excluding carboxylic acids is 1. The molecule has 2 N–H and O–H groups in total. The number of hydrogen-bond donors (Lipinski definition) is 1. The van der Waals surface area contributed by atoms with Crippen LogP contribution in [-0.2, 0) is 4.79 Å². The first kappa shape index (κ1) is 26.2. The Morgan fingerprint density at radius 1 is 1.19 bits per heavy atom. The molecule has 0 unspecified atom stereocenters. The van der Waals surface area contributed by atoms with Crippen LogP contribution in [0.2, 0.25) is 0 Å². The fraction of sp³-hybridized carbons (Fsp3) is 0.538. The number of nitrogens with two attached hydrogens (primary N) is 1. The molecule has 0 atom stereocenters. The van der Waals surface area contributed by atoms with Gasteiger partial charge in [0.2, 0.25) is 5.91 Å². The highest BCUT2D eigenvalue weighted by Gasteiger charge is 2.35. The molecular weight excluding hydrogens is 416 g/mol. The van der Waals surface area contributed by atoms with Crippen molar-refractivity contribution in [1.29, 1.82) is 0 Å². The summed E-state index contributed by atoms with van der Waals surface area (Å²) in [5, 5.41) is 0. The van der Waals surface area contributed by atoms with Crippen molar-refractivity contribution in [1.82, 2.24) is 14.8 Å². The molecule has 32 heavy (non-hydrogen) atoms. The molecule has 1 fully saturated rings. The Labute approximate surface area is 198 Å². The molecule has 1 aliphatic carbocycles. The van der Waals surface area contributed by atoms with E-state index in [0.717, 1.165) is 61.5 Å². The average Bonchev–Trinajstić information content (AvgIpc) is 2.86. The molecular formula is C26H40N4OS. The number of thioether (sulfide) groups is 1. The summed E-state index contributed by atoms with van der Waals surface area (Å²) in [6, 6.07) is 4.00. The zero-order chi connectivity index (χ0) is 23.6. The molecule has 1 amide bonds. The smallest absolute Gasteiger partial charge is 0.230 e. The van der Waals surface area contributed by atoms with Crippen LogP contribution in [0.5, 0.6) is 0 Å². The van der Waals surface area contributed by atoms with Crippen LogP contribution in [-0.4, -0.2) is 53.2 Å². The van der Waals surface area contributed by atoms with Gasteiger partial charge in [-0.15, -0.1) is 11.8 Å². The summed E-state index contributed by atoms with van der Waals surface area (Å²) in [4.78, 5) is 22.6. The van der Waals surface area contributed by atoms with Gasteiger partial charge in [0, 0.05) is 42.6 Å². The summed E-state index contributed by atoms with van der Waals surface area (Å²) in [7, 11) is 2.08. The lowest BCUT2D eigenvalue weighted by molar-refractivity contribution is -0.138. The minimum Gasteiger partial charge on any atom is -0.398 e. The largest absolute Gasteiger partial charge is 0.398 e. The van der Waals surface area contributed by atoms with E-state index in [-0.39, 0.29) is 11.3 Å². The minimum atomic E-state index is -0.383. The first-order valence-electron chi connectivity index (χ1n) is 11.7. The van der Waals surface area contributed by atoms with E-state index in [2.05, 4.69) is 35.2 Å². The third kappa shape index (κ3) is 7.24. The first-order chi connectivity index (χ1) is 15.4. The van der Waals surface area contributed by atoms with E-state index in [4.69, 9.17) is 5.73 Å². The van der Waals surface area contributed by atoms with E-state index >= 15 is 0 Å². The number of aromatic nitrogens is 1. The SMILES string of the molecule is CC.CN1CCN(CS/C(=C(N)/C2=C/C/C=C\CCC2)c2ccncc2)C(=O)C(C)(C)C1. The van der Waals surface area contributed by atoms with Gasteiger partial charge in [0.1, 0.15) is 0 Å². The van der Waals surface area contributed by atoms with Crippen molar-refractivity contribution in [3.05, 3.63) is 59.6 Å². The summed E-state index contributed by atoms with van der Waals surface area (Å²) < 4.78 is 0. The van der Waals surface area contributed by atoms with E-state index in [1.165, 1.54) is 5.57 Å². The molecule has 6 heteroatoms. The topological polar surface area (TPSA) is 62.5 Å². The Kier molecular flexibility index (Phi) is 10.5. The number of pyridine rings is 1. The lowest BCUT2D eigenvalue weighted by Gasteiger charge is -2.29. The molecule has 1 aliphatic heterocycles. The van der Waals surface area contributed by atoms with Crippen molar-refractivity contribution in [3.8, 4) is 0 Å². The van der Waals surface area contributed by atoms with Crippen molar-refractivity contribution in [2.45, 2.75) is 53.4 Å². The average molecular weight is 457 g/mol. The van der Waals surface area contributed by atoms with Crippen molar-refractivity contribution >= 4 is 22.6 Å². The fourth-order valence-electron chi connectivity index (χ4n) is 4.06. The molecule has 1 saturated heterocycles. The number of likely N-dealkylation sites (N-methyl/N-ethyl adjacent to an activating group) is 1. The second kappa shape index (κ2) is 12.9. The molecule has 3 rings (SSSR count). The Bertz CT molecular complexity index is 829. The Hall–Kier alpha value is -2.05. The predicted molar refractivity (Wildman–Crippen MR) is 138 cm³/mol. The number of allylic oxidation sites excluding steroid dienone is 4. The van der Waals surface area contributed by atoms with E-state index in [0.29, 0.717) is 5.88 Å². The van der Waals surface area contributed by atoms with Crippen molar-refractivity contribution in [2.75, 3.05) is 32.6 Å². The molecule has 2 aliphatic rings. The molecule has 0 aromatic carbocycles. The van der Waals surface area contributed by atoms with Gasteiger partial charge in [-0.1, -0.05) is 32.1 Å². The number of rotatable bonds is 5. The fourth-order valence-corrected chi connectivity index (χ4v) is 5.18. The third-order valence-corrected chi connectivity index (χ3v) is 6.85. The summed E-state index contributed by atoms with van der Waals surface area (Å²) in [6.45, 7) is 10.5. The van der Waals surface area contributed by atoms with E-state index in [1.54, 1.807) is 24.2 Å². The lowest BCUT2D eigenvalue weighted by atomic mass is 9.92. The van der Waals surface area contributed by atoms with Gasteiger partial charge >= 0.3 is 0 Å². The van der Waals surface area contributed by atoms with E-state index in [1.807, 2.05) is 44.7 Å². The summed E-state index contributed by atoms with van der Waals surface area (Å²) in [5.41, 5.74) is 9.46. The van der Waals surface area contributed by atoms with Gasteiger partial charge in [-0.3, -0.25) is 9.78 Å². The van der Waals surface area contributed by atoms with Crippen molar-refractivity contribution in [3.63, 3.8) is 0 Å². The zero-order valence-corrected chi connectivity index (χ0v) is 21.3. The summed E-state index contributed by atoms with van der Waals surface area (Å²) in [6.07, 6.45) is 14.4. The minimum absolute atomic E-state index is 0.210. The summed E-state index contributed by atoms with van der Waals surface area (Å²) >= 11 is 1.66. The number of carbonyl (C=O) groups is 1. The van der Waals surface area contributed by atoms with Gasteiger partial charge in [0.15, 0.2) is 0 Å². The maximum atomic E-state index is 13.1. The Morgan fingerprint density at radius 3 is 2.62 bits per heavy atom. The molecule has 176 valence electrons. The lowest BCUT2D eigenvalue weighted by Crippen LogP contribution is -2.41. The van der Waals surface area contributed by atoms with Crippen molar-refractivity contribution in [2.24, 2.45) is 11.1 Å². The number of hydrogen-bond acceptors (Lipinski definition) is 5. The Morgan fingerprint density at radius 2 is 1.91 bits per heavy atom. The quantitative estimate of drug-likeness (QED) is 0.611. The second-order valence-electron chi connectivity index (χ2n) is 8.77.